The van der Waals surface area contributed by atoms with Crippen LogP contribution in [0.5, 0.6) is 5.75 Å². The quantitative estimate of drug-likeness (QED) is 0.243. The number of nitrogens with one attached hydrogen (secondary N) is 2. The number of anilines is 2. The van der Waals surface area contributed by atoms with E-state index in [2.05, 4.69) is 15.6 Å². The summed E-state index contributed by atoms with van der Waals surface area (Å²) in [4.78, 5) is 14.1. The van der Waals surface area contributed by atoms with E-state index in [-0.39, 0.29) is 12.6 Å². The molecule has 9 nitrogen and oxygen atoms in total. The SMILES string of the molecule is COc1cccc([C@@H](C)Nc2ncc(-c3nc4ccccc4s3)c(N[C@@H]3C[C@H](CO)[C@@H](O)[C@H]3O)n2)c1. The van der Waals surface area contributed by atoms with Crippen molar-refractivity contribution in [2.24, 2.45) is 5.92 Å². The molecule has 10 heteroatoms. The Bertz CT molecular complexity index is 1320. The van der Waals surface area contributed by atoms with Gasteiger partial charge in [-0.25, -0.2) is 9.97 Å². The van der Waals surface area contributed by atoms with Crippen LogP contribution in [0.1, 0.15) is 24.9 Å². The third kappa shape index (κ3) is 4.85. The minimum atomic E-state index is -1.03. The molecule has 5 N–H and O–H groups in total. The Morgan fingerprint density at radius 3 is 2.69 bits per heavy atom. The second-order valence-electron chi connectivity index (χ2n) is 9.00. The van der Waals surface area contributed by atoms with Crippen LogP contribution in [0.15, 0.2) is 54.7 Å². The summed E-state index contributed by atoms with van der Waals surface area (Å²) in [6.07, 6.45) is 0.0819. The van der Waals surface area contributed by atoms with E-state index in [1.54, 1.807) is 13.3 Å². The molecule has 0 radical (unpaired) electrons. The Hall–Kier alpha value is -3.31. The molecule has 5 atom stereocenters. The topological polar surface area (TPSA) is 133 Å². The molecule has 0 amide bonds. The van der Waals surface area contributed by atoms with Crippen LogP contribution in [0.2, 0.25) is 0 Å². The number of nitrogens with zero attached hydrogens (tertiary/aromatic N) is 3. The third-order valence-electron chi connectivity index (χ3n) is 6.61. The van der Waals surface area contributed by atoms with Gasteiger partial charge in [0, 0.05) is 18.7 Å². The van der Waals surface area contributed by atoms with E-state index in [1.807, 2.05) is 55.5 Å². The molecule has 5 rings (SSSR count). The average molecular weight is 508 g/mol. The first-order valence-electron chi connectivity index (χ1n) is 11.8. The summed E-state index contributed by atoms with van der Waals surface area (Å²) in [6.45, 7) is 1.81. The van der Waals surface area contributed by atoms with E-state index in [1.165, 1.54) is 11.3 Å². The third-order valence-corrected chi connectivity index (χ3v) is 7.68. The molecule has 188 valence electrons. The lowest BCUT2D eigenvalue weighted by atomic mass is 10.1. The number of aromatic nitrogens is 3. The summed E-state index contributed by atoms with van der Waals surface area (Å²) >= 11 is 1.53. The zero-order valence-electron chi connectivity index (χ0n) is 20.0. The lowest BCUT2D eigenvalue weighted by Gasteiger charge is -2.21. The Kier molecular flexibility index (Phi) is 7.01. The van der Waals surface area contributed by atoms with Crippen LogP contribution in [-0.4, -0.2) is 62.2 Å². The number of methoxy groups -OCH3 is 1. The number of hydrogen-bond donors (Lipinski definition) is 5. The van der Waals surface area contributed by atoms with Crippen LogP contribution in [0.4, 0.5) is 11.8 Å². The highest BCUT2D eigenvalue weighted by atomic mass is 32.1. The number of aliphatic hydroxyl groups is 3. The molecule has 1 aliphatic carbocycles. The lowest BCUT2D eigenvalue weighted by molar-refractivity contribution is 0.00446. The largest absolute Gasteiger partial charge is 0.497 e. The minimum absolute atomic E-state index is 0.0982. The van der Waals surface area contributed by atoms with Crippen LogP contribution >= 0.6 is 11.3 Å². The van der Waals surface area contributed by atoms with E-state index >= 15 is 0 Å². The van der Waals surface area contributed by atoms with Crippen molar-refractivity contribution in [3.8, 4) is 16.3 Å². The fourth-order valence-electron chi connectivity index (χ4n) is 4.52. The lowest BCUT2D eigenvalue weighted by Crippen LogP contribution is -2.35. The number of para-hydroxylation sites is 1. The summed E-state index contributed by atoms with van der Waals surface area (Å²) in [6, 6.07) is 15.1. The standard InChI is InChI=1S/C26H29N5O4S/c1-14(15-6-5-7-17(10-15)35-2)28-26-27-12-18(25-30-19-8-3-4-9-21(19)36-25)24(31-26)29-20-11-16(13-32)22(33)23(20)34/h3-10,12,14,16,20,22-23,32-34H,11,13H2,1-2H3,(H2,27,28,29,31)/t14-,16-,20-,22-,23+/m1/s1. The molecular formula is C26H29N5O4S. The normalized spacial score (nSPS) is 22.5. The predicted octanol–water partition coefficient (Wildman–Crippen LogP) is 3.45. The summed E-state index contributed by atoms with van der Waals surface area (Å²) in [5.41, 5.74) is 2.60. The first-order valence-corrected chi connectivity index (χ1v) is 12.7. The number of benzene rings is 2. The van der Waals surface area contributed by atoms with Crippen molar-refractivity contribution in [1.82, 2.24) is 15.0 Å². The molecule has 1 saturated carbocycles. The van der Waals surface area contributed by atoms with E-state index < -0.39 is 24.2 Å². The van der Waals surface area contributed by atoms with Crippen LogP contribution in [0.25, 0.3) is 20.8 Å². The predicted molar refractivity (Wildman–Crippen MR) is 140 cm³/mol. The van der Waals surface area contributed by atoms with Gasteiger partial charge in [0.25, 0.3) is 0 Å². The van der Waals surface area contributed by atoms with Crippen molar-refractivity contribution < 1.29 is 20.1 Å². The fourth-order valence-corrected chi connectivity index (χ4v) is 5.49. The molecular weight excluding hydrogens is 478 g/mol. The van der Waals surface area contributed by atoms with Crippen molar-refractivity contribution in [3.63, 3.8) is 0 Å². The summed E-state index contributed by atoms with van der Waals surface area (Å²) < 4.78 is 6.38. The van der Waals surface area contributed by atoms with Crippen LogP contribution in [0.3, 0.4) is 0 Å². The Labute approximate surface area is 212 Å². The number of fused-ring (bicyclic) bond motifs is 1. The van der Waals surface area contributed by atoms with Crippen molar-refractivity contribution in [2.45, 2.75) is 37.6 Å². The van der Waals surface area contributed by atoms with Gasteiger partial charge in [0.05, 0.1) is 41.1 Å². The smallest absolute Gasteiger partial charge is 0.225 e. The van der Waals surface area contributed by atoms with E-state index in [0.717, 1.165) is 26.5 Å². The molecule has 0 unspecified atom stereocenters. The van der Waals surface area contributed by atoms with Gasteiger partial charge >= 0.3 is 0 Å². The first kappa shape index (κ1) is 24.4. The van der Waals surface area contributed by atoms with E-state index in [9.17, 15) is 15.3 Å². The highest BCUT2D eigenvalue weighted by Crippen LogP contribution is 2.36. The molecule has 2 aromatic carbocycles. The number of hydrogen-bond acceptors (Lipinski definition) is 10. The first-order chi connectivity index (χ1) is 17.5. The van der Waals surface area contributed by atoms with Gasteiger partial charge in [-0.2, -0.15) is 4.98 Å². The van der Waals surface area contributed by atoms with Gasteiger partial charge in [0.15, 0.2) is 0 Å². The number of aliphatic hydroxyl groups excluding tert-OH is 3. The molecule has 1 aliphatic rings. The molecule has 1 fully saturated rings. The van der Waals surface area contributed by atoms with Gasteiger partial charge in [-0.05, 0) is 43.2 Å². The maximum Gasteiger partial charge on any atom is 0.225 e. The van der Waals surface area contributed by atoms with Gasteiger partial charge in [-0.3, -0.25) is 0 Å². The number of ether oxygens (including phenoxy) is 1. The van der Waals surface area contributed by atoms with Crippen LogP contribution in [0, 0.1) is 5.92 Å². The summed E-state index contributed by atoms with van der Waals surface area (Å²) in [5, 5.41) is 37.9. The molecule has 0 aliphatic heterocycles. The van der Waals surface area contributed by atoms with Gasteiger partial charge in [0.1, 0.15) is 22.7 Å². The number of thiazole rings is 1. The fraction of sp³-hybridized carbons (Fsp3) is 0.346. The molecule has 0 saturated heterocycles. The maximum atomic E-state index is 10.6. The Balaban J connectivity index is 1.48. The second kappa shape index (κ2) is 10.4. The summed E-state index contributed by atoms with van der Waals surface area (Å²) in [5.74, 6) is 1.27. The molecule has 0 spiro atoms. The average Bonchev–Trinajstić information content (AvgIpc) is 3.45. The molecule has 4 aromatic rings. The van der Waals surface area contributed by atoms with Crippen LogP contribution in [-0.2, 0) is 0 Å². The summed E-state index contributed by atoms with van der Waals surface area (Å²) in [7, 11) is 1.63. The maximum absolute atomic E-state index is 10.6. The second-order valence-corrected chi connectivity index (χ2v) is 10.0. The van der Waals surface area contributed by atoms with E-state index in [4.69, 9.17) is 14.7 Å². The molecule has 36 heavy (non-hydrogen) atoms. The van der Waals surface area contributed by atoms with E-state index in [0.29, 0.717) is 23.8 Å². The monoisotopic (exact) mass is 507 g/mol. The number of rotatable bonds is 8. The van der Waals surface area contributed by atoms with Gasteiger partial charge < -0.3 is 30.7 Å². The molecule has 2 heterocycles. The zero-order chi connectivity index (χ0) is 25.2. The zero-order valence-corrected chi connectivity index (χ0v) is 20.8. The van der Waals surface area contributed by atoms with Gasteiger partial charge in [0.2, 0.25) is 5.95 Å². The highest BCUT2D eigenvalue weighted by Gasteiger charge is 2.41. The van der Waals surface area contributed by atoms with Crippen molar-refractivity contribution in [3.05, 3.63) is 60.3 Å². The van der Waals surface area contributed by atoms with Gasteiger partial charge in [-0.1, -0.05) is 24.3 Å². The van der Waals surface area contributed by atoms with Gasteiger partial charge in [-0.15, -0.1) is 11.3 Å². The molecule has 2 aromatic heterocycles. The highest BCUT2D eigenvalue weighted by molar-refractivity contribution is 7.21. The Morgan fingerprint density at radius 1 is 1.11 bits per heavy atom. The Morgan fingerprint density at radius 2 is 1.94 bits per heavy atom. The van der Waals surface area contributed by atoms with Crippen molar-refractivity contribution in [2.75, 3.05) is 24.4 Å². The minimum Gasteiger partial charge on any atom is -0.497 e. The molecule has 0 bridgehead atoms. The van der Waals surface area contributed by atoms with Crippen molar-refractivity contribution >= 4 is 33.3 Å². The van der Waals surface area contributed by atoms with Crippen LogP contribution < -0.4 is 15.4 Å². The van der Waals surface area contributed by atoms with Crippen molar-refractivity contribution in [1.29, 1.82) is 0 Å².